The second-order valence-electron chi connectivity index (χ2n) is 10.0. The van der Waals surface area contributed by atoms with E-state index in [9.17, 15) is 14.4 Å². The Morgan fingerprint density at radius 3 is 2.34 bits per heavy atom. The standard InChI is InChI=1S/C36H37N3O4S/c1-5-26-18-12-14-24(3)33(26)39-34(40)25(4)44-30-20-13-19-29(23-30)37-36(42)31(38-35(41)27-15-8-7-9-16-27)22-28-17-10-11-21-32(28)43-6-2/h7-23,25H,5-6H2,1-4H3,(H,37,42)(H,38,41)(H,39,40)/b31-22+. The number of ether oxygens (including phenoxy) is 1. The fourth-order valence-corrected chi connectivity index (χ4v) is 5.44. The first kappa shape index (κ1) is 32.1. The zero-order valence-electron chi connectivity index (χ0n) is 25.3. The first-order valence-corrected chi connectivity index (χ1v) is 15.4. The molecule has 0 saturated carbocycles. The average Bonchev–Trinajstić information content (AvgIpc) is 3.03. The van der Waals surface area contributed by atoms with Crippen LogP contribution in [-0.4, -0.2) is 29.6 Å². The van der Waals surface area contributed by atoms with Crippen LogP contribution in [0, 0.1) is 6.92 Å². The van der Waals surface area contributed by atoms with Gasteiger partial charge in [0, 0.05) is 27.4 Å². The van der Waals surface area contributed by atoms with Crippen LogP contribution in [0.15, 0.2) is 108 Å². The van der Waals surface area contributed by atoms with Gasteiger partial charge in [-0.2, -0.15) is 0 Å². The maximum Gasteiger partial charge on any atom is 0.272 e. The minimum absolute atomic E-state index is 0.0572. The number of thioether (sulfide) groups is 1. The van der Waals surface area contributed by atoms with Crippen molar-refractivity contribution in [1.82, 2.24) is 5.32 Å². The molecule has 1 unspecified atom stereocenters. The van der Waals surface area contributed by atoms with E-state index in [0.717, 1.165) is 28.1 Å². The summed E-state index contributed by atoms with van der Waals surface area (Å²) in [4.78, 5) is 40.5. The summed E-state index contributed by atoms with van der Waals surface area (Å²) in [5.41, 5.74) is 4.62. The van der Waals surface area contributed by atoms with Gasteiger partial charge in [0.1, 0.15) is 11.4 Å². The Bertz CT molecular complexity index is 1650. The lowest BCUT2D eigenvalue weighted by Gasteiger charge is -2.17. The van der Waals surface area contributed by atoms with E-state index < -0.39 is 11.8 Å². The Balaban J connectivity index is 1.52. The van der Waals surface area contributed by atoms with Gasteiger partial charge in [-0.05, 0) is 80.8 Å². The molecule has 4 aromatic rings. The van der Waals surface area contributed by atoms with Crippen LogP contribution in [0.4, 0.5) is 11.4 Å². The highest BCUT2D eigenvalue weighted by Crippen LogP contribution is 2.29. The number of rotatable bonds is 12. The smallest absolute Gasteiger partial charge is 0.272 e. The summed E-state index contributed by atoms with van der Waals surface area (Å²) in [5.74, 6) is -0.419. The van der Waals surface area contributed by atoms with Crippen molar-refractivity contribution in [3.05, 3.63) is 125 Å². The van der Waals surface area contributed by atoms with Gasteiger partial charge in [0.2, 0.25) is 5.91 Å². The third-order valence-electron chi connectivity index (χ3n) is 6.81. The monoisotopic (exact) mass is 607 g/mol. The molecular formula is C36H37N3O4S. The van der Waals surface area contributed by atoms with Crippen LogP contribution < -0.4 is 20.7 Å². The molecule has 3 amide bonds. The number of hydrogen-bond donors (Lipinski definition) is 3. The van der Waals surface area contributed by atoms with Crippen LogP contribution in [0.2, 0.25) is 0 Å². The van der Waals surface area contributed by atoms with Crippen LogP contribution in [-0.2, 0) is 16.0 Å². The topological polar surface area (TPSA) is 96.5 Å². The van der Waals surface area contributed by atoms with Gasteiger partial charge < -0.3 is 20.7 Å². The minimum atomic E-state index is -0.500. The average molecular weight is 608 g/mol. The molecule has 0 aliphatic carbocycles. The van der Waals surface area contributed by atoms with Crippen molar-refractivity contribution >= 4 is 46.9 Å². The Morgan fingerprint density at radius 2 is 1.59 bits per heavy atom. The maximum absolute atomic E-state index is 13.6. The fourth-order valence-electron chi connectivity index (χ4n) is 4.51. The van der Waals surface area contributed by atoms with E-state index >= 15 is 0 Å². The summed E-state index contributed by atoms with van der Waals surface area (Å²) in [6.07, 6.45) is 2.42. The lowest BCUT2D eigenvalue weighted by molar-refractivity contribution is -0.115. The van der Waals surface area contributed by atoms with Gasteiger partial charge in [-0.15, -0.1) is 11.8 Å². The van der Waals surface area contributed by atoms with Gasteiger partial charge in [-0.1, -0.05) is 67.6 Å². The first-order chi connectivity index (χ1) is 21.3. The number of benzene rings is 4. The number of carbonyl (C=O) groups excluding carboxylic acids is 3. The molecule has 0 aliphatic rings. The Labute approximate surface area is 263 Å². The molecular weight excluding hydrogens is 570 g/mol. The molecule has 4 aromatic carbocycles. The molecule has 7 nitrogen and oxygen atoms in total. The van der Waals surface area contributed by atoms with Gasteiger partial charge in [-0.3, -0.25) is 14.4 Å². The first-order valence-electron chi connectivity index (χ1n) is 14.6. The van der Waals surface area contributed by atoms with Gasteiger partial charge in [0.05, 0.1) is 11.9 Å². The Kier molecular flexibility index (Phi) is 11.4. The molecule has 0 heterocycles. The number of amides is 3. The van der Waals surface area contributed by atoms with Crippen molar-refractivity contribution in [2.24, 2.45) is 0 Å². The van der Waals surface area contributed by atoms with Crippen molar-refractivity contribution in [3.8, 4) is 5.75 Å². The molecule has 0 radical (unpaired) electrons. The van der Waals surface area contributed by atoms with E-state index in [1.54, 1.807) is 36.4 Å². The van der Waals surface area contributed by atoms with E-state index in [0.29, 0.717) is 29.2 Å². The summed E-state index contributed by atoms with van der Waals surface area (Å²) < 4.78 is 5.73. The molecule has 0 bridgehead atoms. The third kappa shape index (κ3) is 8.61. The number of aryl methyl sites for hydroxylation is 2. The third-order valence-corrected chi connectivity index (χ3v) is 7.90. The van der Waals surface area contributed by atoms with E-state index in [4.69, 9.17) is 4.74 Å². The SMILES string of the molecule is CCOc1ccccc1/C=C(/NC(=O)c1ccccc1)C(=O)Nc1cccc(SC(C)C(=O)Nc2c(C)cccc2CC)c1. The summed E-state index contributed by atoms with van der Waals surface area (Å²) in [6, 6.07) is 29.3. The second-order valence-corrected chi connectivity index (χ2v) is 11.5. The summed E-state index contributed by atoms with van der Waals surface area (Å²) >= 11 is 1.39. The minimum Gasteiger partial charge on any atom is -0.493 e. The summed E-state index contributed by atoms with van der Waals surface area (Å²) in [5, 5.41) is 8.37. The van der Waals surface area contributed by atoms with Crippen molar-refractivity contribution in [2.75, 3.05) is 17.2 Å². The molecule has 8 heteroatoms. The molecule has 44 heavy (non-hydrogen) atoms. The Hall–Kier alpha value is -4.82. The van der Waals surface area contributed by atoms with E-state index in [2.05, 4.69) is 22.9 Å². The second kappa shape index (κ2) is 15.6. The van der Waals surface area contributed by atoms with Crippen molar-refractivity contribution in [2.45, 2.75) is 44.3 Å². The molecule has 0 aromatic heterocycles. The highest BCUT2D eigenvalue weighted by Gasteiger charge is 2.19. The number of anilines is 2. The van der Waals surface area contributed by atoms with Gasteiger partial charge in [0.15, 0.2) is 0 Å². The molecule has 0 spiro atoms. The van der Waals surface area contributed by atoms with Crippen molar-refractivity contribution in [1.29, 1.82) is 0 Å². The fraction of sp³-hybridized carbons (Fsp3) is 0.194. The number of carbonyl (C=O) groups is 3. The largest absolute Gasteiger partial charge is 0.493 e. The van der Waals surface area contributed by atoms with Gasteiger partial charge in [0.25, 0.3) is 11.8 Å². The van der Waals surface area contributed by atoms with Crippen molar-refractivity contribution < 1.29 is 19.1 Å². The summed E-state index contributed by atoms with van der Waals surface area (Å²) in [7, 11) is 0. The van der Waals surface area contributed by atoms with Crippen molar-refractivity contribution in [3.63, 3.8) is 0 Å². The van der Waals surface area contributed by atoms with Crippen LogP contribution in [0.1, 0.15) is 47.8 Å². The maximum atomic E-state index is 13.6. The molecule has 3 N–H and O–H groups in total. The van der Waals surface area contributed by atoms with Gasteiger partial charge >= 0.3 is 0 Å². The predicted molar refractivity (Wildman–Crippen MR) is 179 cm³/mol. The molecule has 1 atom stereocenters. The van der Waals surface area contributed by atoms with Gasteiger partial charge in [-0.25, -0.2) is 0 Å². The zero-order valence-corrected chi connectivity index (χ0v) is 26.2. The quantitative estimate of drug-likeness (QED) is 0.115. The molecule has 4 rings (SSSR count). The highest BCUT2D eigenvalue weighted by atomic mass is 32.2. The lowest BCUT2D eigenvalue weighted by atomic mass is 10.1. The highest BCUT2D eigenvalue weighted by molar-refractivity contribution is 8.00. The number of hydrogen-bond acceptors (Lipinski definition) is 5. The molecule has 0 saturated heterocycles. The number of para-hydroxylation sites is 2. The molecule has 226 valence electrons. The lowest BCUT2D eigenvalue weighted by Crippen LogP contribution is -2.30. The normalized spacial score (nSPS) is 11.8. The van der Waals surface area contributed by atoms with E-state index in [1.165, 1.54) is 11.8 Å². The predicted octanol–water partition coefficient (Wildman–Crippen LogP) is 7.49. The van der Waals surface area contributed by atoms with Crippen LogP contribution in [0.25, 0.3) is 6.08 Å². The molecule has 0 fully saturated rings. The van der Waals surface area contributed by atoms with E-state index in [1.807, 2.05) is 87.5 Å². The van der Waals surface area contributed by atoms with Crippen LogP contribution in [0.3, 0.4) is 0 Å². The van der Waals surface area contributed by atoms with E-state index in [-0.39, 0.29) is 16.9 Å². The number of nitrogens with one attached hydrogen (secondary N) is 3. The summed E-state index contributed by atoms with van der Waals surface area (Å²) in [6.45, 7) is 8.23. The Morgan fingerprint density at radius 1 is 0.864 bits per heavy atom. The van der Waals surface area contributed by atoms with Crippen LogP contribution >= 0.6 is 11.8 Å². The zero-order chi connectivity index (χ0) is 31.5. The molecule has 0 aliphatic heterocycles. The van der Waals surface area contributed by atoms with Crippen LogP contribution in [0.5, 0.6) is 5.75 Å².